The average Bonchev–Trinajstić information content (AvgIpc) is 2.52. The van der Waals surface area contributed by atoms with Crippen LogP contribution < -0.4 is 15.9 Å². The van der Waals surface area contributed by atoms with Crippen molar-refractivity contribution < 1.29 is 9.53 Å². The van der Waals surface area contributed by atoms with E-state index in [0.29, 0.717) is 17.3 Å². The highest BCUT2D eigenvalue weighted by atomic mass is 35.5. The average molecular weight is 318 g/mol. The summed E-state index contributed by atoms with van der Waals surface area (Å²) in [5.74, 6) is 0.745. The number of nitrogens with two attached hydrogens (primary N) is 1. The number of rotatable bonds is 5. The van der Waals surface area contributed by atoms with Gasteiger partial charge in [0.2, 0.25) is 0 Å². The molecule has 3 N–H and O–H groups in total. The van der Waals surface area contributed by atoms with Crippen molar-refractivity contribution in [3.05, 3.63) is 64.7 Å². The third-order valence-corrected chi connectivity index (χ3v) is 3.18. The minimum Gasteiger partial charge on any atom is -0.489 e. The Morgan fingerprint density at radius 2 is 1.82 bits per heavy atom. The molecule has 6 heteroatoms. The summed E-state index contributed by atoms with van der Waals surface area (Å²) in [6.45, 7) is 2.24. The maximum absolute atomic E-state index is 10.6. The van der Waals surface area contributed by atoms with Gasteiger partial charge in [0.1, 0.15) is 12.4 Å². The van der Waals surface area contributed by atoms with Crippen molar-refractivity contribution in [3.63, 3.8) is 0 Å². The summed E-state index contributed by atoms with van der Waals surface area (Å²) in [4.78, 5) is 10.6. The second-order valence-electron chi connectivity index (χ2n) is 4.61. The predicted molar refractivity (Wildman–Crippen MR) is 87.2 cm³/mol. The Balaban J connectivity index is 1.95. The number of halogens is 1. The van der Waals surface area contributed by atoms with Crippen molar-refractivity contribution in [2.24, 2.45) is 10.8 Å². The number of carbonyl (C=O) groups excluding carboxylic acids is 1. The fourth-order valence-corrected chi connectivity index (χ4v) is 1.87. The maximum atomic E-state index is 10.6. The third kappa shape index (κ3) is 4.79. The Bertz CT molecular complexity index is 667. The fourth-order valence-electron chi connectivity index (χ4n) is 1.74. The summed E-state index contributed by atoms with van der Waals surface area (Å²) in [5.41, 5.74) is 9.72. The van der Waals surface area contributed by atoms with E-state index in [1.807, 2.05) is 48.5 Å². The lowest BCUT2D eigenvalue weighted by Gasteiger charge is -2.07. The maximum Gasteiger partial charge on any atom is 0.332 e. The van der Waals surface area contributed by atoms with Gasteiger partial charge in [-0.2, -0.15) is 5.10 Å². The number of urea groups is 1. The van der Waals surface area contributed by atoms with Gasteiger partial charge in [0.25, 0.3) is 0 Å². The molecule has 5 nitrogen and oxygen atoms in total. The normalized spacial score (nSPS) is 11.1. The minimum atomic E-state index is -0.692. The number of primary amides is 1. The number of benzene rings is 2. The Morgan fingerprint density at radius 1 is 1.18 bits per heavy atom. The molecule has 0 aliphatic carbocycles. The number of ether oxygens (including phenoxy) is 1. The van der Waals surface area contributed by atoms with Gasteiger partial charge in [-0.05, 0) is 54.4 Å². The monoisotopic (exact) mass is 317 g/mol. The van der Waals surface area contributed by atoms with Crippen LogP contribution in [0.2, 0.25) is 5.02 Å². The molecule has 0 aliphatic rings. The topological polar surface area (TPSA) is 76.7 Å². The molecular weight excluding hydrogens is 302 g/mol. The van der Waals surface area contributed by atoms with Crippen molar-refractivity contribution in [2.45, 2.75) is 13.5 Å². The van der Waals surface area contributed by atoms with E-state index in [4.69, 9.17) is 22.1 Å². The number of nitrogens with zero attached hydrogens (tertiary/aromatic N) is 1. The van der Waals surface area contributed by atoms with Crippen molar-refractivity contribution in [3.8, 4) is 5.75 Å². The fraction of sp³-hybridized carbons (Fsp3) is 0.125. The second kappa shape index (κ2) is 7.47. The van der Waals surface area contributed by atoms with Crippen LogP contribution in [0, 0.1) is 0 Å². The smallest absolute Gasteiger partial charge is 0.332 e. The third-order valence-electron chi connectivity index (χ3n) is 2.92. The first-order valence-electron chi connectivity index (χ1n) is 6.62. The Kier molecular flexibility index (Phi) is 5.38. The Morgan fingerprint density at radius 3 is 2.41 bits per heavy atom. The van der Waals surface area contributed by atoms with Gasteiger partial charge < -0.3 is 10.5 Å². The zero-order valence-electron chi connectivity index (χ0n) is 12.0. The lowest BCUT2D eigenvalue weighted by Crippen LogP contribution is -2.25. The van der Waals surface area contributed by atoms with Crippen LogP contribution in [-0.2, 0) is 6.61 Å². The molecule has 0 saturated heterocycles. The van der Waals surface area contributed by atoms with Crippen LogP contribution in [0.5, 0.6) is 5.75 Å². The molecule has 0 spiro atoms. The molecule has 0 saturated carbocycles. The zero-order chi connectivity index (χ0) is 15.9. The SMILES string of the molecule is C/C(=N\NC(N)=O)c1ccc(OCc2ccc(Cl)cc2)cc1. The van der Waals surface area contributed by atoms with Gasteiger partial charge in [-0.1, -0.05) is 23.7 Å². The van der Waals surface area contributed by atoms with E-state index in [-0.39, 0.29) is 0 Å². The standard InChI is InChI=1S/C16H16ClN3O2/c1-11(19-20-16(18)21)13-4-8-15(9-5-13)22-10-12-2-6-14(17)7-3-12/h2-9H,10H2,1H3,(H3,18,20,21)/b19-11+. The highest BCUT2D eigenvalue weighted by Gasteiger charge is 2.00. The molecule has 2 amide bonds. The molecular formula is C16H16ClN3O2. The molecule has 0 atom stereocenters. The van der Waals surface area contributed by atoms with Gasteiger partial charge in [-0.3, -0.25) is 0 Å². The number of carbonyl (C=O) groups is 1. The van der Waals surface area contributed by atoms with Crippen molar-refractivity contribution >= 4 is 23.3 Å². The van der Waals surface area contributed by atoms with Crippen LogP contribution in [0.3, 0.4) is 0 Å². The van der Waals surface area contributed by atoms with Crippen LogP contribution in [0.4, 0.5) is 4.79 Å². The summed E-state index contributed by atoms with van der Waals surface area (Å²) < 4.78 is 5.69. The summed E-state index contributed by atoms with van der Waals surface area (Å²) in [6, 6.07) is 14.2. The minimum absolute atomic E-state index is 0.465. The molecule has 0 aliphatic heterocycles. The van der Waals surface area contributed by atoms with Crippen LogP contribution >= 0.6 is 11.6 Å². The van der Waals surface area contributed by atoms with E-state index in [2.05, 4.69) is 10.5 Å². The van der Waals surface area contributed by atoms with Crippen molar-refractivity contribution in [2.75, 3.05) is 0 Å². The Labute approximate surface area is 133 Å². The van der Waals surface area contributed by atoms with E-state index < -0.39 is 6.03 Å². The van der Waals surface area contributed by atoms with E-state index in [9.17, 15) is 4.79 Å². The largest absolute Gasteiger partial charge is 0.489 e. The number of nitrogens with one attached hydrogen (secondary N) is 1. The van der Waals surface area contributed by atoms with Crippen molar-refractivity contribution in [1.29, 1.82) is 0 Å². The number of amides is 2. The Hall–Kier alpha value is -2.53. The first kappa shape index (κ1) is 15.9. The summed E-state index contributed by atoms with van der Waals surface area (Å²) >= 11 is 5.84. The van der Waals surface area contributed by atoms with Gasteiger partial charge in [-0.25, -0.2) is 10.2 Å². The van der Waals surface area contributed by atoms with Gasteiger partial charge >= 0.3 is 6.03 Å². The van der Waals surface area contributed by atoms with Crippen LogP contribution in [-0.4, -0.2) is 11.7 Å². The summed E-state index contributed by atoms with van der Waals surface area (Å²) in [7, 11) is 0. The highest BCUT2D eigenvalue weighted by Crippen LogP contribution is 2.16. The molecule has 0 aromatic heterocycles. The zero-order valence-corrected chi connectivity index (χ0v) is 12.8. The lowest BCUT2D eigenvalue weighted by molar-refractivity contribution is 0.249. The van der Waals surface area contributed by atoms with Gasteiger partial charge in [-0.15, -0.1) is 0 Å². The first-order valence-corrected chi connectivity index (χ1v) is 7.00. The summed E-state index contributed by atoms with van der Waals surface area (Å²) in [5, 5.41) is 4.57. The van der Waals surface area contributed by atoms with E-state index in [1.165, 1.54) is 0 Å². The molecule has 0 radical (unpaired) electrons. The van der Waals surface area contributed by atoms with Gasteiger partial charge in [0, 0.05) is 5.02 Å². The number of hydrogen-bond donors (Lipinski definition) is 2. The van der Waals surface area contributed by atoms with Crippen LogP contribution in [0.25, 0.3) is 0 Å². The van der Waals surface area contributed by atoms with Crippen LogP contribution in [0.15, 0.2) is 53.6 Å². The molecule has 2 aromatic rings. The van der Waals surface area contributed by atoms with E-state index in [0.717, 1.165) is 16.9 Å². The van der Waals surface area contributed by atoms with Crippen LogP contribution in [0.1, 0.15) is 18.1 Å². The highest BCUT2D eigenvalue weighted by molar-refractivity contribution is 6.30. The van der Waals surface area contributed by atoms with Gasteiger partial charge in [0.15, 0.2) is 0 Å². The molecule has 0 heterocycles. The molecule has 2 rings (SSSR count). The predicted octanol–water partition coefficient (Wildman–Crippen LogP) is 3.31. The van der Waals surface area contributed by atoms with Crippen molar-refractivity contribution in [1.82, 2.24) is 5.43 Å². The first-order chi connectivity index (χ1) is 10.5. The molecule has 2 aromatic carbocycles. The molecule has 0 unspecified atom stereocenters. The van der Waals surface area contributed by atoms with E-state index >= 15 is 0 Å². The molecule has 0 fully saturated rings. The van der Waals surface area contributed by atoms with Gasteiger partial charge in [0.05, 0.1) is 5.71 Å². The summed E-state index contributed by atoms with van der Waals surface area (Å²) in [6.07, 6.45) is 0. The molecule has 114 valence electrons. The molecule has 0 bridgehead atoms. The number of hydrazone groups is 1. The molecule has 22 heavy (non-hydrogen) atoms. The quantitative estimate of drug-likeness (QED) is 0.655. The van der Waals surface area contributed by atoms with E-state index in [1.54, 1.807) is 6.92 Å². The lowest BCUT2D eigenvalue weighted by atomic mass is 10.1. The number of hydrogen-bond acceptors (Lipinski definition) is 3. The second-order valence-corrected chi connectivity index (χ2v) is 5.05.